The molecule has 0 spiro atoms. The number of rotatable bonds is 10. The Morgan fingerprint density at radius 2 is 1.80 bits per heavy atom. The molecule has 0 aromatic heterocycles. The molecule has 0 aliphatic heterocycles. The molecule has 0 aliphatic carbocycles. The first-order valence-corrected chi connectivity index (χ1v) is 7.26. The van der Waals surface area contributed by atoms with Crippen LogP contribution in [0.15, 0.2) is 29.4 Å². The number of aryl methyl sites for hydroxylation is 1. The van der Waals surface area contributed by atoms with E-state index in [4.69, 9.17) is 15.1 Å². The summed E-state index contributed by atoms with van der Waals surface area (Å²) in [6.45, 7) is 2.82. The first kappa shape index (κ1) is 16.5. The second-order valence-corrected chi connectivity index (χ2v) is 4.97. The maximum absolute atomic E-state index is 8.67. The van der Waals surface area contributed by atoms with Gasteiger partial charge in [0.2, 0.25) is 0 Å². The highest BCUT2D eigenvalue weighted by Gasteiger charge is 1.98. The van der Waals surface area contributed by atoms with Crippen molar-refractivity contribution in [3.05, 3.63) is 29.8 Å². The third-order valence-electron chi connectivity index (χ3n) is 3.19. The van der Waals surface area contributed by atoms with Crippen LogP contribution in [0, 0.1) is 0 Å². The Labute approximate surface area is 121 Å². The lowest BCUT2D eigenvalue weighted by atomic mass is 10.1. The maximum Gasteiger partial charge on any atom is 0.119 e. The van der Waals surface area contributed by atoms with Gasteiger partial charge < -0.3 is 15.1 Å². The van der Waals surface area contributed by atoms with Crippen LogP contribution in [-0.2, 0) is 6.42 Å². The fourth-order valence-corrected chi connectivity index (χ4v) is 1.89. The van der Waals surface area contributed by atoms with Crippen molar-refractivity contribution >= 4 is 5.71 Å². The summed E-state index contributed by atoms with van der Waals surface area (Å²) in [6, 6.07) is 8.06. The van der Waals surface area contributed by atoms with E-state index >= 15 is 0 Å². The molecule has 0 saturated heterocycles. The van der Waals surface area contributed by atoms with Crippen LogP contribution in [0.5, 0.6) is 5.75 Å². The topological polar surface area (TPSA) is 62.0 Å². The van der Waals surface area contributed by atoms with E-state index in [9.17, 15) is 0 Å². The van der Waals surface area contributed by atoms with Crippen LogP contribution in [0.1, 0.15) is 44.6 Å². The molecule has 112 valence electrons. The molecule has 2 N–H and O–H groups in total. The average Bonchev–Trinajstić information content (AvgIpc) is 2.49. The third-order valence-corrected chi connectivity index (χ3v) is 3.19. The molecule has 0 saturated carbocycles. The third kappa shape index (κ3) is 7.14. The van der Waals surface area contributed by atoms with Crippen LogP contribution in [0.4, 0.5) is 0 Å². The normalized spacial score (nSPS) is 11.6. The van der Waals surface area contributed by atoms with Crippen molar-refractivity contribution in [1.29, 1.82) is 0 Å². The van der Waals surface area contributed by atoms with Crippen LogP contribution in [0.3, 0.4) is 0 Å². The molecule has 4 nitrogen and oxygen atoms in total. The molecule has 0 bridgehead atoms. The summed E-state index contributed by atoms with van der Waals surface area (Å²) >= 11 is 0. The zero-order valence-electron chi connectivity index (χ0n) is 12.2. The lowest BCUT2D eigenvalue weighted by Gasteiger charge is -2.07. The van der Waals surface area contributed by atoms with Gasteiger partial charge in [0.05, 0.1) is 12.3 Å². The first-order chi connectivity index (χ1) is 9.76. The molecule has 1 rings (SSSR count). The average molecular weight is 279 g/mol. The molecule has 20 heavy (non-hydrogen) atoms. The Morgan fingerprint density at radius 1 is 1.10 bits per heavy atom. The van der Waals surface area contributed by atoms with Gasteiger partial charge in [0.15, 0.2) is 0 Å². The fraction of sp³-hybridized carbons (Fsp3) is 0.562. The highest BCUT2D eigenvalue weighted by Crippen LogP contribution is 2.14. The minimum absolute atomic E-state index is 0.281. The SMILES string of the molecule is C/C(CCc1ccc(OCCCCCCO)cc1)=N/O. The first-order valence-electron chi connectivity index (χ1n) is 7.26. The van der Waals surface area contributed by atoms with Crippen LogP contribution in [-0.4, -0.2) is 29.2 Å². The largest absolute Gasteiger partial charge is 0.494 e. The van der Waals surface area contributed by atoms with Crippen molar-refractivity contribution in [1.82, 2.24) is 0 Å². The summed E-state index contributed by atoms with van der Waals surface area (Å²) in [5, 5.41) is 20.4. The van der Waals surface area contributed by atoms with E-state index in [0.29, 0.717) is 0 Å². The number of ether oxygens (including phenoxy) is 1. The number of nitrogens with zero attached hydrogens (tertiary/aromatic N) is 1. The molecule has 1 aromatic rings. The standard InChI is InChI=1S/C16H25NO3/c1-14(17-19)6-7-15-8-10-16(11-9-15)20-13-5-3-2-4-12-18/h8-11,18-19H,2-7,12-13H2,1H3/b17-14-. The van der Waals surface area contributed by atoms with E-state index in [1.807, 2.05) is 31.2 Å². The Kier molecular flexibility index (Phi) is 8.47. The van der Waals surface area contributed by atoms with E-state index in [1.165, 1.54) is 5.56 Å². The molecular weight excluding hydrogens is 254 g/mol. The quantitative estimate of drug-likeness (QED) is 0.299. The van der Waals surface area contributed by atoms with E-state index in [1.54, 1.807) is 0 Å². The molecule has 0 unspecified atom stereocenters. The summed E-state index contributed by atoms with van der Waals surface area (Å²) in [5.41, 5.74) is 1.96. The van der Waals surface area contributed by atoms with Gasteiger partial charge in [0.25, 0.3) is 0 Å². The number of hydrogen-bond donors (Lipinski definition) is 2. The van der Waals surface area contributed by atoms with E-state index in [0.717, 1.165) is 56.6 Å². The summed E-state index contributed by atoms with van der Waals surface area (Å²) in [5.74, 6) is 0.892. The van der Waals surface area contributed by atoms with E-state index in [2.05, 4.69) is 5.16 Å². The summed E-state index contributed by atoms with van der Waals surface area (Å²) < 4.78 is 5.66. The second-order valence-electron chi connectivity index (χ2n) is 4.97. The molecule has 1 aromatic carbocycles. The minimum Gasteiger partial charge on any atom is -0.494 e. The predicted octanol–water partition coefficient (Wildman–Crippen LogP) is 3.40. The summed E-state index contributed by atoms with van der Waals surface area (Å²) in [6.07, 6.45) is 5.70. The summed E-state index contributed by atoms with van der Waals surface area (Å²) in [7, 11) is 0. The van der Waals surface area contributed by atoms with E-state index < -0.39 is 0 Å². The highest BCUT2D eigenvalue weighted by atomic mass is 16.5. The monoisotopic (exact) mass is 279 g/mol. The molecule has 0 fully saturated rings. The number of aliphatic hydroxyl groups excluding tert-OH is 1. The van der Waals surface area contributed by atoms with Crippen molar-refractivity contribution in [3.8, 4) is 5.75 Å². The van der Waals surface area contributed by atoms with Gasteiger partial charge in [-0.1, -0.05) is 23.7 Å². The van der Waals surface area contributed by atoms with Crippen LogP contribution in [0.2, 0.25) is 0 Å². The Morgan fingerprint density at radius 3 is 2.45 bits per heavy atom. The molecule has 4 heteroatoms. The lowest BCUT2D eigenvalue weighted by molar-refractivity contribution is 0.273. The number of oxime groups is 1. The number of unbranched alkanes of at least 4 members (excludes halogenated alkanes) is 3. The Hall–Kier alpha value is -1.55. The predicted molar refractivity (Wildman–Crippen MR) is 80.7 cm³/mol. The van der Waals surface area contributed by atoms with Gasteiger partial charge in [-0.05, 0) is 56.7 Å². The molecule has 0 aliphatic rings. The van der Waals surface area contributed by atoms with Crippen molar-refractivity contribution in [2.45, 2.75) is 45.4 Å². The number of aliphatic hydroxyl groups is 1. The Balaban J connectivity index is 2.21. The second kappa shape index (κ2) is 10.3. The van der Waals surface area contributed by atoms with Gasteiger partial charge in [-0.15, -0.1) is 0 Å². The number of benzene rings is 1. The Bertz CT molecular complexity index is 387. The van der Waals surface area contributed by atoms with Crippen molar-refractivity contribution in [2.75, 3.05) is 13.2 Å². The number of hydrogen-bond acceptors (Lipinski definition) is 4. The van der Waals surface area contributed by atoms with Crippen molar-refractivity contribution in [3.63, 3.8) is 0 Å². The fourth-order valence-electron chi connectivity index (χ4n) is 1.89. The summed E-state index contributed by atoms with van der Waals surface area (Å²) in [4.78, 5) is 0. The van der Waals surface area contributed by atoms with Crippen LogP contribution < -0.4 is 4.74 Å². The smallest absolute Gasteiger partial charge is 0.119 e. The van der Waals surface area contributed by atoms with E-state index in [-0.39, 0.29) is 6.61 Å². The molecule has 0 atom stereocenters. The zero-order chi connectivity index (χ0) is 14.6. The van der Waals surface area contributed by atoms with Crippen LogP contribution >= 0.6 is 0 Å². The van der Waals surface area contributed by atoms with Gasteiger partial charge in [0, 0.05) is 6.61 Å². The molecule has 0 amide bonds. The maximum atomic E-state index is 8.67. The van der Waals surface area contributed by atoms with Gasteiger partial charge in [-0.2, -0.15) is 0 Å². The van der Waals surface area contributed by atoms with Crippen molar-refractivity contribution < 1.29 is 15.1 Å². The molecule has 0 radical (unpaired) electrons. The van der Waals surface area contributed by atoms with Gasteiger partial charge in [-0.25, -0.2) is 0 Å². The van der Waals surface area contributed by atoms with Gasteiger partial charge >= 0.3 is 0 Å². The minimum atomic E-state index is 0.281. The molecular formula is C16H25NO3. The lowest BCUT2D eigenvalue weighted by Crippen LogP contribution is -1.98. The van der Waals surface area contributed by atoms with Crippen molar-refractivity contribution in [2.24, 2.45) is 5.16 Å². The van der Waals surface area contributed by atoms with Gasteiger partial charge in [0.1, 0.15) is 5.75 Å². The van der Waals surface area contributed by atoms with Crippen LogP contribution in [0.25, 0.3) is 0 Å². The van der Waals surface area contributed by atoms with Gasteiger partial charge in [-0.3, -0.25) is 0 Å². The highest BCUT2D eigenvalue weighted by molar-refractivity contribution is 5.81. The molecule has 0 heterocycles. The zero-order valence-corrected chi connectivity index (χ0v) is 12.2.